The number of aromatic nitrogens is 1. The average Bonchev–Trinajstić information content (AvgIpc) is 2.79. The van der Waals surface area contributed by atoms with Crippen molar-refractivity contribution >= 4 is 29.2 Å². The molecule has 2 atom stereocenters. The van der Waals surface area contributed by atoms with Crippen LogP contribution in [0.2, 0.25) is 5.02 Å². The fourth-order valence-corrected chi connectivity index (χ4v) is 3.08. The normalized spacial score (nSPS) is 18.9. The van der Waals surface area contributed by atoms with Gasteiger partial charge in [-0.2, -0.15) is 0 Å². The standard InChI is InChI=1S/C19H19ClN2O5/c1-3-26-16(23)10-15-18(24)22-14-7-6-11(20)9-13(14)17(27-15)12-5-4-8-21-19(12)25-2/h4-9,15,17H,3,10H2,1-2H3,(H,22,24)/t15-,17-/m0/s1. The van der Waals surface area contributed by atoms with Gasteiger partial charge in [0.25, 0.3) is 5.91 Å². The van der Waals surface area contributed by atoms with Crippen molar-refractivity contribution in [1.29, 1.82) is 0 Å². The first-order valence-electron chi connectivity index (χ1n) is 8.43. The lowest BCUT2D eigenvalue weighted by Crippen LogP contribution is -2.32. The second kappa shape index (κ2) is 8.37. The number of rotatable bonds is 5. The minimum Gasteiger partial charge on any atom is -0.481 e. The van der Waals surface area contributed by atoms with Crippen LogP contribution in [-0.4, -0.2) is 36.7 Å². The zero-order valence-electron chi connectivity index (χ0n) is 14.9. The van der Waals surface area contributed by atoms with Crippen LogP contribution in [0.3, 0.4) is 0 Å². The number of fused-ring (bicyclic) bond motifs is 1. The van der Waals surface area contributed by atoms with E-state index in [-0.39, 0.29) is 13.0 Å². The van der Waals surface area contributed by atoms with E-state index in [4.69, 9.17) is 25.8 Å². The Hall–Kier alpha value is -2.64. The molecule has 1 aromatic carbocycles. The van der Waals surface area contributed by atoms with E-state index in [0.717, 1.165) is 0 Å². The van der Waals surface area contributed by atoms with Gasteiger partial charge in [-0.25, -0.2) is 4.98 Å². The van der Waals surface area contributed by atoms with Crippen LogP contribution in [-0.2, 0) is 19.1 Å². The predicted octanol–water partition coefficient (Wildman–Crippen LogP) is 3.12. The Kier molecular flexibility index (Phi) is 5.93. The van der Waals surface area contributed by atoms with Crippen LogP contribution >= 0.6 is 11.6 Å². The zero-order chi connectivity index (χ0) is 19.4. The van der Waals surface area contributed by atoms with Crippen molar-refractivity contribution in [3.8, 4) is 5.88 Å². The fraction of sp³-hybridized carbons (Fsp3) is 0.316. The maximum Gasteiger partial charge on any atom is 0.308 e. The van der Waals surface area contributed by atoms with Crippen LogP contribution < -0.4 is 10.1 Å². The summed E-state index contributed by atoms with van der Waals surface area (Å²) in [6.07, 6.45) is -0.358. The monoisotopic (exact) mass is 390 g/mol. The summed E-state index contributed by atoms with van der Waals surface area (Å²) in [7, 11) is 1.50. The molecule has 1 N–H and O–H groups in total. The molecular weight excluding hydrogens is 372 g/mol. The van der Waals surface area contributed by atoms with Crippen LogP contribution in [0.15, 0.2) is 36.5 Å². The van der Waals surface area contributed by atoms with Gasteiger partial charge in [-0.05, 0) is 37.3 Å². The Morgan fingerprint density at radius 1 is 1.33 bits per heavy atom. The van der Waals surface area contributed by atoms with Crippen molar-refractivity contribution in [2.45, 2.75) is 25.6 Å². The van der Waals surface area contributed by atoms with Gasteiger partial charge >= 0.3 is 5.97 Å². The first-order valence-corrected chi connectivity index (χ1v) is 8.81. The molecule has 2 heterocycles. The Bertz CT molecular complexity index is 858. The molecule has 2 aromatic rings. The average molecular weight is 391 g/mol. The largest absolute Gasteiger partial charge is 0.481 e. The molecule has 3 rings (SSSR count). The Labute approximate surface area is 161 Å². The van der Waals surface area contributed by atoms with Crippen LogP contribution in [0, 0.1) is 0 Å². The van der Waals surface area contributed by atoms with E-state index < -0.39 is 24.1 Å². The number of nitrogens with one attached hydrogen (secondary N) is 1. The number of anilines is 1. The molecule has 0 saturated heterocycles. The summed E-state index contributed by atoms with van der Waals surface area (Å²) >= 11 is 6.17. The van der Waals surface area contributed by atoms with Crippen molar-refractivity contribution in [2.75, 3.05) is 19.0 Å². The second-order valence-corrected chi connectivity index (χ2v) is 6.27. The van der Waals surface area contributed by atoms with Gasteiger partial charge in [0.2, 0.25) is 5.88 Å². The van der Waals surface area contributed by atoms with Crippen molar-refractivity contribution < 1.29 is 23.8 Å². The molecule has 0 unspecified atom stereocenters. The van der Waals surface area contributed by atoms with E-state index in [1.54, 1.807) is 43.5 Å². The summed E-state index contributed by atoms with van der Waals surface area (Å²) in [6.45, 7) is 1.93. The van der Waals surface area contributed by atoms with Gasteiger partial charge in [0, 0.05) is 28.0 Å². The lowest BCUT2D eigenvalue weighted by atomic mass is 10.0. The smallest absolute Gasteiger partial charge is 0.308 e. The highest BCUT2D eigenvalue weighted by atomic mass is 35.5. The summed E-state index contributed by atoms with van der Waals surface area (Å²) in [5, 5.41) is 3.28. The number of carbonyl (C=O) groups is 2. The maximum absolute atomic E-state index is 12.6. The molecule has 1 aliphatic heterocycles. The lowest BCUT2D eigenvalue weighted by Gasteiger charge is -2.22. The van der Waals surface area contributed by atoms with E-state index in [1.807, 2.05) is 0 Å². The molecular formula is C19H19ClN2O5. The molecule has 27 heavy (non-hydrogen) atoms. The molecule has 0 radical (unpaired) electrons. The molecule has 142 valence electrons. The van der Waals surface area contributed by atoms with Gasteiger partial charge in [0.05, 0.1) is 20.1 Å². The number of methoxy groups -OCH3 is 1. The summed E-state index contributed by atoms with van der Waals surface area (Å²) in [6, 6.07) is 8.61. The van der Waals surface area contributed by atoms with Crippen molar-refractivity contribution in [3.05, 3.63) is 52.7 Å². The van der Waals surface area contributed by atoms with Crippen LogP contribution in [0.25, 0.3) is 0 Å². The molecule has 0 bridgehead atoms. The highest BCUT2D eigenvalue weighted by Gasteiger charge is 2.35. The van der Waals surface area contributed by atoms with E-state index in [9.17, 15) is 9.59 Å². The third-order valence-corrected chi connectivity index (χ3v) is 4.32. The molecule has 0 fully saturated rings. The number of benzene rings is 1. The number of nitrogens with zero attached hydrogens (tertiary/aromatic N) is 1. The highest BCUT2D eigenvalue weighted by Crippen LogP contribution is 2.39. The third-order valence-electron chi connectivity index (χ3n) is 4.08. The van der Waals surface area contributed by atoms with E-state index in [2.05, 4.69) is 10.3 Å². The van der Waals surface area contributed by atoms with E-state index >= 15 is 0 Å². The molecule has 1 aliphatic rings. The number of halogens is 1. The van der Waals surface area contributed by atoms with Gasteiger partial charge in [-0.15, -0.1) is 0 Å². The van der Waals surface area contributed by atoms with Gasteiger partial charge in [-0.3, -0.25) is 9.59 Å². The summed E-state index contributed by atoms with van der Waals surface area (Å²) in [5.74, 6) is -0.590. The number of pyridine rings is 1. The lowest BCUT2D eigenvalue weighted by molar-refractivity contribution is -0.150. The molecule has 7 nitrogen and oxygen atoms in total. The van der Waals surface area contributed by atoms with Gasteiger partial charge in [0.1, 0.15) is 12.2 Å². The Morgan fingerprint density at radius 3 is 2.89 bits per heavy atom. The maximum atomic E-state index is 12.6. The van der Waals surface area contributed by atoms with Crippen LogP contribution in [0.5, 0.6) is 5.88 Å². The number of hydrogen-bond donors (Lipinski definition) is 1. The number of esters is 1. The summed E-state index contributed by atoms with van der Waals surface area (Å²) < 4.78 is 16.4. The van der Waals surface area contributed by atoms with Crippen molar-refractivity contribution in [1.82, 2.24) is 4.98 Å². The fourth-order valence-electron chi connectivity index (χ4n) is 2.90. The van der Waals surface area contributed by atoms with Crippen molar-refractivity contribution in [2.24, 2.45) is 0 Å². The van der Waals surface area contributed by atoms with Gasteiger partial charge in [0.15, 0.2) is 0 Å². The minimum atomic E-state index is -1.04. The number of amides is 1. The second-order valence-electron chi connectivity index (χ2n) is 5.84. The SMILES string of the molecule is CCOC(=O)C[C@@H]1O[C@@H](c2cccnc2OC)c2cc(Cl)ccc2NC1=O. The first-order chi connectivity index (χ1) is 13.0. The quantitative estimate of drug-likeness (QED) is 0.789. The van der Waals surface area contributed by atoms with E-state index in [0.29, 0.717) is 27.7 Å². The molecule has 0 spiro atoms. The molecule has 0 saturated carbocycles. The topological polar surface area (TPSA) is 86.8 Å². The zero-order valence-corrected chi connectivity index (χ0v) is 15.7. The molecule has 0 aliphatic carbocycles. The molecule has 1 amide bonds. The Morgan fingerprint density at radius 2 is 2.15 bits per heavy atom. The summed E-state index contributed by atoms with van der Waals surface area (Å²) in [4.78, 5) is 28.7. The van der Waals surface area contributed by atoms with Crippen molar-refractivity contribution in [3.63, 3.8) is 0 Å². The van der Waals surface area contributed by atoms with Gasteiger partial charge < -0.3 is 19.5 Å². The predicted molar refractivity (Wildman–Crippen MR) is 98.8 cm³/mol. The van der Waals surface area contributed by atoms with E-state index in [1.165, 1.54) is 7.11 Å². The number of carbonyl (C=O) groups excluding carboxylic acids is 2. The first kappa shape index (κ1) is 19.1. The summed E-state index contributed by atoms with van der Waals surface area (Å²) in [5.41, 5.74) is 1.81. The van der Waals surface area contributed by atoms with Gasteiger partial charge in [-0.1, -0.05) is 11.6 Å². The van der Waals surface area contributed by atoms with Crippen LogP contribution in [0.1, 0.15) is 30.6 Å². The number of ether oxygens (including phenoxy) is 3. The number of hydrogen-bond acceptors (Lipinski definition) is 6. The Balaban J connectivity index is 2.05. The minimum absolute atomic E-state index is 0.208. The highest BCUT2D eigenvalue weighted by molar-refractivity contribution is 6.30. The third kappa shape index (κ3) is 4.20. The van der Waals surface area contributed by atoms with Crippen LogP contribution in [0.4, 0.5) is 5.69 Å². The molecule has 1 aromatic heterocycles. The molecule has 8 heteroatoms.